The number of nitrogens with zero attached hydrogens (tertiary/aromatic N) is 3. The fourth-order valence-electron chi connectivity index (χ4n) is 3.52. The van der Waals surface area contributed by atoms with Crippen LogP contribution in [-0.2, 0) is 20.6 Å². The summed E-state index contributed by atoms with van der Waals surface area (Å²) in [4.78, 5) is 19.8. The van der Waals surface area contributed by atoms with Gasteiger partial charge in [-0.25, -0.2) is 8.42 Å². The molecule has 30 heavy (non-hydrogen) atoms. The van der Waals surface area contributed by atoms with Crippen LogP contribution < -0.4 is 0 Å². The van der Waals surface area contributed by atoms with Crippen molar-refractivity contribution in [1.29, 1.82) is 0 Å². The molecule has 1 aliphatic heterocycles. The first-order valence-corrected chi connectivity index (χ1v) is 12.4. The minimum absolute atomic E-state index is 0.00719. The van der Waals surface area contributed by atoms with Crippen LogP contribution in [0, 0.1) is 0 Å². The number of benzene rings is 2. The number of carbonyl (C=O) groups excluding carboxylic acids is 1. The van der Waals surface area contributed by atoms with Crippen molar-refractivity contribution in [2.75, 3.05) is 31.9 Å². The van der Waals surface area contributed by atoms with Crippen LogP contribution in [0.4, 0.5) is 0 Å². The zero-order valence-electron chi connectivity index (χ0n) is 16.5. The highest BCUT2D eigenvalue weighted by Gasteiger charge is 2.28. The molecule has 1 amide bonds. The molecule has 0 radical (unpaired) electrons. The van der Waals surface area contributed by atoms with E-state index in [4.69, 9.17) is 0 Å². The van der Waals surface area contributed by atoms with Gasteiger partial charge in [-0.15, -0.1) is 11.8 Å². The number of fused-ring (bicyclic) bond motifs is 1. The predicted molar refractivity (Wildman–Crippen MR) is 120 cm³/mol. The smallest absolute Gasteiger partial charge is 0.233 e. The highest BCUT2D eigenvalue weighted by atomic mass is 32.2. The van der Waals surface area contributed by atoms with Gasteiger partial charge in [0.1, 0.15) is 0 Å². The molecule has 0 unspecified atom stereocenters. The molecule has 0 saturated carbocycles. The van der Waals surface area contributed by atoms with Crippen molar-refractivity contribution in [2.24, 2.45) is 0 Å². The van der Waals surface area contributed by atoms with Gasteiger partial charge in [0.25, 0.3) is 0 Å². The number of para-hydroxylation sites is 1. The first-order valence-electron chi connectivity index (χ1n) is 9.79. The quantitative estimate of drug-likeness (QED) is 0.550. The summed E-state index contributed by atoms with van der Waals surface area (Å²) in [5.41, 5.74) is 1.68. The molecule has 0 aliphatic carbocycles. The first kappa shape index (κ1) is 20.8. The number of carbonyl (C=O) groups is 1. The molecule has 0 spiro atoms. The van der Waals surface area contributed by atoms with E-state index in [1.54, 1.807) is 11.1 Å². The van der Waals surface area contributed by atoms with Crippen LogP contribution in [0.1, 0.15) is 5.56 Å². The summed E-state index contributed by atoms with van der Waals surface area (Å²) in [6.07, 6.45) is 1.76. The fourth-order valence-corrected chi connectivity index (χ4v) is 5.98. The van der Waals surface area contributed by atoms with Gasteiger partial charge >= 0.3 is 0 Å². The molecule has 1 saturated heterocycles. The molecule has 2 heterocycles. The van der Waals surface area contributed by atoms with Gasteiger partial charge in [-0.05, 0) is 17.7 Å². The largest absolute Gasteiger partial charge is 0.339 e. The minimum Gasteiger partial charge on any atom is -0.339 e. The Kier molecular flexibility index (Phi) is 6.36. The van der Waals surface area contributed by atoms with Gasteiger partial charge in [0.05, 0.1) is 17.0 Å². The van der Waals surface area contributed by atoms with Gasteiger partial charge in [-0.1, -0.05) is 48.5 Å². The second-order valence-electron chi connectivity index (χ2n) is 7.14. The third-order valence-electron chi connectivity index (χ3n) is 5.14. The van der Waals surface area contributed by atoms with Gasteiger partial charge in [0.15, 0.2) is 0 Å². The minimum atomic E-state index is -3.38. The molecule has 8 heteroatoms. The third-order valence-corrected chi connectivity index (χ3v) is 8.05. The summed E-state index contributed by atoms with van der Waals surface area (Å²) in [6.45, 7) is 1.52. The van der Waals surface area contributed by atoms with Gasteiger partial charge in [-0.3, -0.25) is 9.78 Å². The Bertz CT molecular complexity index is 1120. The van der Waals surface area contributed by atoms with Crippen LogP contribution >= 0.6 is 11.8 Å². The molecular formula is C22H23N3O3S2. The number of piperazine rings is 1. The lowest BCUT2D eigenvalue weighted by Gasteiger charge is -2.34. The van der Waals surface area contributed by atoms with Crippen molar-refractivity contribution < 1.29 is 13.2 Å². The molecule has 4 rings (SSSR count). The van der Waals surface area contributed by atoms with E-state index in [0.717, 1.165) is 21.4 Å². The highest BCUT2D eigenvalue weighted by molar-refractivity contribution is 8.00. The van der Waals surface area contributed by atoms with Crippen molar-refractivity contribution in [2.45, 2.75) is 10.6 Å². The molecule has 0 atom stereocenters. The van der Waals surface area contributed by atoms with E-state index in [9.17, 15) is 13.2 Å². The van der Waals surface area contributed by atoms with Crippen LogP contribution in [-0.4, -0.2) is 60.4 Å². The van der Waals surface area contributed by atoms with E-state index < -0.39 is 10.0 Å². The average Bonchev–Trinajstić information content (AvgIpc) is 2.78. The lowest BCUT2D eigenvalue weighted by atomic mass is 10.2. The molecular weight excluding hydrogens is 418 g/mol. The predicted octanol–water partition coefficient (Wildman–Crippen LogP) is 3.00. The topological polar surface area (TPSA) is 70.6 Å². The Balaban J connectivity index is 1.32. The monoisotopic (exact) mass is 441 g/mol. The Morgan fingerprint density at radius 2 is 1.63 bits per heavy atom. The summed E-state index contributed by atoms with van der Waals surface area (Å²) in [5, 5.41) is 1.04. The molecule has 3 aromatic rings. The van der Waals surface area contributed by atoms with Crippen LogP contribution in [0.2, 0.25) is 0 Å². The van der Waals surface area contributed by atoms with Crippen LogP contribution in [0.15, 0.2) is 71.8 Å². The maximum absolute atomic E-state index is 12.7. The van der Waals surface area contributed by atoms with Gasteiger partial charge in [0, 0.05) is 42.7 Å². The average molecular weight is 442 g/mol. The van der Waals surface area contributed by atoms with Gasteiger partial charge < -0.3 is 4.90 Å². The second kappa shape index (κ2) is 9.16. The van der Waals surface area contributed by atoms with Crippen molar-refractivity contribution in [3.05, 3.63) is 72.4 Å². The highest BCUT2D eigenvalue weighted by Crippen LogP contribution is 2.26. The van der Waals surface area contributed by atoms with Crippen molar-refractivity contribution in [1.82, 2.24) is 14.2 Å². The molecule has 156 valence electrons. The number of thioether (sulfide) groups is 1. The maximum Gasteiger partial charge on any atom is 0.233 e. The molecule has 1 aromatic heterocycles. The van der Waals surface area contributed by atoms with E-state index in [1.165, 1.54) is 16.1 Å². The molecule has 2 aromatic carbocycles. The second-order valence-corrected chi connectivity index (χ2v) is 10.1. The summed E-state index contributed by atoms with van der Waals surface area (Å²) in [6, 6.07) is 19.0. The number of rotatable bonds is 6. The molecule has 0 N–H and O–H groups in total. The van der Waals surface area contributed by atoms with Crippen molar-refractivity contribution in [3.63, 3.8) is 0 Å². The number of sulfonamides is 1. The number of amides is 1. The summed E-state index contributed by atoms with van der Waals surface area (Å²) in [7, 11) is -3.38. The third kappa shape index (κ3) is 4.83. The zero-order valence-corrected chi connectivity index (χ0v) is 18.1. The molecule has 6 nitrogen and oxygen atoms in total. The Labute approximate surface area is 181 Å². The number of hydrogen-bond acceptors (Lipinski definition) is 5. The van der Waals surface area contributed by atoms with E-state index in [2.05, 4.69) is 4.98 Å². The fraction of sp³-hybridized carbons (Fsp3) is 0.273. The van der Waals surface area contributed by atoms with Crippen LogP contribution in [0.5, 0.6) is 0 Å². The number of hydrogen-bond donors (Lipinski definition) is 0. The number of aromatic nitrogens is 1. The van der Waals surface area contributed by atoms with E-state index in [-0.39, 0.29) is 11.7 Å². The van der Waals surface area contributed by atoms with Crippen molar-refractivity contribution in [3.8, 4) is 0 Å². The Morgan fingerprint density at radius 1 is 0.933 bits per heavy atom. The van der Waals surface area contributed by atoms with Gasteiger partial charge in [0.2, 0.25) is 15.9 Å². The van der Waals surface area contributed by atoms with E-state index in [0.29, 0.717) is 31.9 Å². The standard InChI is InChI=1S/C22H23N3O3S2/c26-22(16-29-21-10-11-23-20-9-5-4-8-19(20)21)24-12-14-25(15-13-24)30(27,28)17-18-6-2-1-3-7-18/h1-11H,12-17H2. The molecule has 1 fully saturated rings. The first-order chi connectivity index (χ1) is 14.5. The number of pyridine rings is 1. The Morgan fingerprint density at radius 3 is 2.40 bits per heavy atom. The summed E-state index contributed by atoms with van der Waals surface area (Å²) >= 11 is 1.50. The lowest BCUT2D eigenvalue weighted by Crippen LogP contribution is -2.51. The lowest BCUT2D eigenvalue weighted by molar-refractivity contribution is -0.129. The summed E-state index contributed by atoms with van der Waals surface area (Å²) < 4.78 is 26.9. The Hall–Kier alpha value is -2.42. The van der Waals surface area contributed by atoms with Gasteiger partial charge in [-0.2, -0.15) is 4.31 Å². The van der Waals surface area contributed by atoms with E-state index in [1.807, 2.05) is 60.7 Å². The van der Waals surface area contributed by atoms with Crippen LogP contribution in [0.25, 0.3) is 10.9 Å². The van der Waals surface area contributed by atoms with Crippen LogP contribution in [0.3, 0.4) is 0 Å². The SMILES string of the molecule is O=C(CSc1ccnc2ccccc12)N1CCN(S(=O)(=O)Cc2ccccc2)CC1. The molecule has 0 bridgehead atoms. The normalized spacial score (nSPS) is 15.4. The van der Waals surface area contributed by atoms with Crippen molar-refractivity contribution >= 4 is 38.6 Å². The molecule has 1 aliphatic rings. The zero-order chi connectivity index (χ0) is 21.0. The summed E-state index contributed by atoms with van der Waals surface area (Å²) in [5.74, 6) is 0.346. The maximum atomic E-state index is 12.7. The van der Waals surface area contributed by atoms with E-state index >= 15 is 0 Å².